The van der Waals surface area contributed by atoms with Gasteiger partial charge in [-0.1, -0.05) is 25.1 Å². The van der Waals surface area contributed by atoms with Crippen molar-refractivity contribution in [2.75, 3.05) is 25.1 Å². The fraction of sp³-hybridized carbons (Fsp3) is 0.538. The third kappa shape index (κ3) is 2.35. The Balaban J connectivity index is 2.05. The van der Waals surface area contributed by atoms with Crippen LogP contribution in [0, 0.1) is 0 Å². The summed E-state index contributed by atoms with van der Waals surface area (Å²) < 4.78 is 19.2. The summed E-state index contributed by atoms with van der Waals surface area (Å²) in [4.78, 5) is 0. The van der Waals surface area contributed by atoms with Crippen molar-refractivity contribution < 1.29 is 9.13 Å². The first-order valence-electron chi connectivity index (χ1n) is 5.90. The number of halogens is 1. The molecule has 0 saturated carbocycles. The van der Waals surface area contributed by atoms with Gasteiger partial charge in [0.15, 0.2) is 6.17 Å². The van der Waals surface area contributed by atoms with Crippen molar-refractivity contribution in [3.8, 4) is 0 Å². The van der Waals surface area contributed by atoms with Crippen LogP contribution in [-0.4, -0.2) is 19.8 Å². The molecule has 3 heteroatoms. The van der Waals surface area contributed by atoms with Crippen molar-refractivity contribution in [1.29, 1.82) is 0 Å². The molecule has 0 spiro atoms. The van der Waals surface area contributed by atoms with E-state index >= 15 is 0 Å². The van der Waals surface area contributed by atoms with Gasteiger partial charge in [-0.2, -0.15) is 0 Å². The van der Waals surface area contributed by atoms with Crippen molar-refractivity contribution in [3.05, 3.63) is 29.3 Å². The monoisotopic (exact) mass is 223 g/mol. The van der Waals surface area contributed by atoms with Gasteiger partial charge in [-0.15, -0.1) is 0 Å². The fourth-order valence-electron chi connectivity index (χ4n) is 2.05. The van der Waals surface area contributed by atoms with Crippen LogP contribution in [0.4, 0.5) is 10.1 Å². The van der Waals surface area contributed by atoms with Crippen LogP contribution in [0.2, 0.25) is 0 Å². The minimum absolute atomic E-state index is 0.159. The molecule has 0 bridgehead atoms. The second kappa shape index (κ2) is 5.30. The van der Waals surface area contributed by atoms with Gasteiger partial charge < -0.3 is 10.1 Å². The molecule has 0 radical (unpaired) electrons. The summed E-state index contributed by atoms with van der Waals surface area (Å²) >= 11 is 0. The smallest absolute Gasteiger partial charge is 0.150 e. The number of hydrogen-bond donors (Lipinski definition) is 1. The first-order valence-corrected chi connectivity index (χ1v) is 5.90. The van der Waals surface area contributed by atoms with Gasteiger partial charge in [0.1, 0.15) is 0 Å². The molecule has 0 aromatic heterocycles. The topological polar surface area (TPSA) is 21.3 Å². The maximum absolute atomic E-state index is 13.9. The van der Waals surface area contributed by atoms with Crippen LogP contribution in [0.3, 0.4) is 0 Å². The van der Waals surface area contributed by atoms with Gasteiger partial charge >= 0.3 is 0 Å². The number of rotatable bonds is 5. The number of anilines is 1. The van der Waals surface area contributed by atoms with Gasteiger partial charge in [-0.25, -0.2) is 4.39 Å². The van der Waals surface area contributed by atoms with Crippen LogP contribution in [0.1, 0.15) is 30.6 Å². The van der Waals surface area contributed by atoms with Crippen molar-refractivity contribution in [2.45, 2.75) is 25.9 Å². The van der Waals surface area contributed by atoms with Crippen molar-refractivity contribution >= 4 is 5.69 Å². The Morgan fingerprint density at radius 2 is 2.38 bits per heavy atom. The highest BCUT2D eigenvalue weighted by atomic mass is 19.1. The molecule has 0 saturated heterocycles. The van der Waals surface area contributed by atoms with E-state index in [1.165, 1.54) is 5.56 Å². The maximum Gasteiger partial charge on any atom is 0.150 e. The van der Waals surface area contributed by atoms with Crippen LogP contribution >= 0.6 is 0 Å². The van der Waals surface area contributed by atoms with Gasteiger partial charge in [-0.3, -0.25) is 0 Å². The van der Waals surface area contributed by atoms with E-state index in [1.54, 1.807) is 0 Å². The molecule has 1 aliphatic heterocycles. The molecule has 1 aromatic rings. The quantitative estimate of drug-likeness (QED) is 0.774. The van der Waals surface area contributed by atoms with Crippen LogP contribution in [0.25, 0.3) is 0 Å². The Bertz CT molecular complexity index is 354. The summed E-state index contributed by atoms with van der Waals surface area (Å²) in [6.45, 7) is 3.72. The van der Waals surface area contributed by atoms with Gasteiger partial charge in [0.05, 0.1) is 6.61 Å². The van der Waals surface area contributed by atoms with E-state index in [-0.39, 0.29) is 6.61 Å². The molecule has 1 unspecified atom stereocenters. The highest BCUT2D eigenvalue weighted by Crippen LogP contribution is 2.32. The van der Waals surface area contributed by atoms with E-state index in [0.717, 1.165) is 30.6 Å². The van der Waals surface area contributed by atoms with E-state index in [4.69, 9.17) is 4.74 Å². The summed E-state index contributed by atoms with van der Waals surface area (Å²) in [5.41, 5.74) is 2.94. The van der Waals surface area contributed by atoms with E-state index in [0.29, 0.717) is 6.61 Å². The first-order chi connectivity index (χ1) is 7.83. The van der Waals surface area contributed by atoms with Gasteiger partial charge in [-0.05, 0) is 18.4 Å². The molecule has 16 heavy (non-hydrogen) atoms. The Morgan fingerprint density at radius 3 is 3.19 bits per heavy atom. The molecule has 2 rings (SSSR count). The molecule has 0 aliphatic carbocycles. The van der Waals surface area contributed by atoms with Crippen molar-refractivity contribution in [2.24, 2.45) is 0 Å². The summed E-state index contributed by atoms with van der Waals surface area (Å²) in [6.07, 6.45) is 0.899. The standard InChI is InChI=1S/C13H18FNO/c1-2-8-16-9-12(14)11-5-3-4-10-6-7-15-13(10)11/h3-5,12,15H,2,6-9H2,1H3. The van der Waals surface area contributed by atoms with E-state index in [1.807, 2.05) is 19.1 Å². The molecular formula is C13H18FNO. The second-order valence-electron chi connectivity index (χ2n) is 4.10. The maximum atomic E-state index is 13.9. The highest BCUT2D eigenvalue weighted by Gasteiger charge is 2.19. The molecule has 0 amide bonds. The third-order valence-corrected chi connectivity index (χ3v) is 2.83. The largest absolute Gasteiger partial charge is 0.384 e. The molecule has 2 nitrogen and oxygen atoms in total. The molecule has 0 fully saturated rings. The highest BCUT2D eigenvalue weighted by molar-refractivity contribution is 5.61. The molecule has 1 heterocycles. The summed E-state index contributed by atoms with van der Waals surface area (Å²) in [7, 11) is 0. The van der Waals surface area contributed by atoms with Crippen molar-refractivity contribution in [3.63, 3.8) is 0 Å². The molecule has 1 aromatic carbocycles. The van der Waals surface area contributed by atoms with Gasteiger partial charge in [0.25, 0.3) is 0 Å². The lowest BCUT2D eigenvalue weighted by Crippen LogP contribution is -2.06. The van der Waals surface area contributed by atoms with E-state index in [9.17, 15) is 4.39 Å². The average Bonchev–Trinajstić information content (AvgIpc) is 2.76. The Hall–Kier alpha value is -1.09. The predicted octanol–water partition coefficient (Wildman–Crippen LogP) is 3.09. The minimum Gasteiger partial charge on any atom is -0.384 e. The van der Waals surface area contributed by atoms with Crippen LogP contribution in [0.15, 0.2) is 18.2 Å². The number of hydrogen-bond acceptors (Lipinski definition) is 2. The number of nitrogens with one attached hydrogen (secondary N) is 1. The van der Waals surface area contributed by atoms with Crippen LogP contribution < -0.4 is 5.32 Å². The first kappa shape index (κ1) is 11.4. The number of alkyl halides is 1. The number of ether oxygens (including phenoxy) is 1. The zero-order valence-corrected chi connectivity index (χ0v) is 9.63. The summed E-state index contributed by atoms with van der Waals surface area (Å²) in [6, 6.07) is 5.82. The zero-order valence-electron chi connectivity index (χ0n) is 9.63. The normalized spacial score (nSPS) is 15.6. The molecular weight excluding hydrogens is 205 g/mol. The molecule has 1 atom stereocenters. The lowest BCUT2D eigenvalue weighted by Gasteiger charge is -2.13. The van der Waals surface area contributed by atoms with Crippen molar-refractivity contribution in [1.82, 2.24) is 0 Å². The lowest BCUT2D eigenvalue weighted by atomic mass is 10.0. The van der Waals surface area contributed by atoms with E-state index in [2.05, 4.69) is 11.4 Å². The molecule has 88 valence electrons. The van der Waals surface area contributed by atoms with Crippen LogP contribution in [-0.2, 0) is 11.2 Å². The third-order valence-electron chi connectivity index (χ3n) is 2.83. The number of fused-ring (bicyclic) bond motifs is 1. The van der Waals surface area contributed by atoms with Crippen LogP contribution in [0.5, 0.6) is 0 Å². The number of benzene rings is 1. The fourth-order valence-corrected chi connectivity index (χ4v) is 2.05. The Kier molecular flexibility index (Phi) is 3.78. The van der Waals surface area contributed by atoms with Gasteiger partial charge in [0, 0.05) is 24.4 Å². The summed E-state index contributed by atoms with van der Waals surface area (Å²) in [5.74, 6) is 0. The SMILES string of the molecule is CCCOCC(F)c1cccc2c1NCC2. The zero-order chi connectivity index (χ0) is 11.4. The minimum atomic E-state index is -1.02. The average molecular weight is 223 g/mol. The Morgan fingerprint density at radius 1 is 1.50 bits per heavy atom. The van der Waals surface area contributed by atoms with E-state index < -0.39 is 6.17 Å². The lowest BCUT2D eigenvalue weighted by molar-refractivity contribution is 0.0813. The second-order valence-corrected chi connectivity index (χ2v) is 4.10. The number of para-hydroxylation sites is 1. The Labute approximate surface area is 95.8 Å². The van der Waals surface area contributed by atoms with Gasteiger partial charge in [0.2, 0.25) is 0 Å². The summed E-state index contributed by atoms with van der Waals surface area (Å²) in [5, 5.41) is 3.24. The molecule has 1 N–H and O–H groups in total. The predicted molar refractivity (Wildman–Crippen MR) is 63.6 cm³/mol. The molecule has 1 aliphatic rings.